The van der Waals surface area contributed by atoms with Gasteiger partial charge in [-0.3, -0.25) is 14.4 Å². The number of benzene rings is 3. The third-order valence-corrected chi connectivity index (χ3v) is 7.25. The van der Waals surface area contributed by atoms with Gasteiger partial charge in [0.2, 0.25) is 17.7 Å². The minimum absolute atomic E-state index is 0.00177. The van der Waals surface area contributed by atoms with Crippen molar-refractivity contribution in [2.75, 3.05) is 0 Å². The Labute approximate surface area is 264 Å². The first-order valence-corrected chi connectivity index (χ1v) is 14.5. The van der Waals surface area contributed by atoms with Crippen LogP contribution in [0.25, 0.3) is 0 Å². The number of imidazole rings is 1. The Hall–Kier alpha value is -5.69. The van der Waals surface area contributed by atoms with Gasteiger partial charge in [-0.25, -0.2) is 9.78 Å². The molecule has 4 aromatic rings. The monoisotopic (exact) mass is 628 g/mol. The maximum Gasteiger partial charge on any atom is 0.326 e. The van der Waals surface area contributed by atoms with Crippen molar-refractivity contribution in [3.63, 3.8) is 0 Å². The van der Waals surface area contributed by atoms with E-state index in [1.807, 2.05) is 30.3 Å². The second-order valence-electron chi connectivity index (χ2n) is 10.8. The Morgan fingerprint density at radius 3 is 1.65 bits per heavy atom. The number of phenols is 2. The van der Waals surface area contributed by atoms with E-state index in [0.717, 1.165) is 5.56 Å². The average molecular weight is 629 g/mol. The van der Waals surface area contributed by atoms with Crippen LogP contribution in [-0.4, -0.2) is 73.1 Å². The number of amides is 3. The molecule has 3 amide bonds. The molecule has 0 radical (unpaired) electrons. The van der Waals surface area contributed by atoms with Crippen molar-refractivity contribution in [2.24, 2.45) is 5.73 Å². The SMILES string of the molecule is NC(Cc1ccccc1)C(=O)NC(Cc1cnc[nH]1)C(=O)NC(Cc1ccc(O)cc1)C(=O)NC(Cc1ccc(O)cc1)C(=O)O. The number of aliphatic carboxylic acids is 1. The molecule has 1 aromatic heterocycles. The summed E-state index contributed by atoms with van der Waals surface area (Å²) in [5, 5.41) is 37.0. The van der Waals surface area contributed by atoms with E-state index in [1.165, 1.54) is 36.8 Å². The van der Waals surface area contributed by atoms with Crippen LogP contribution < -0.4 is 21.7 Å². The molecule has 46 heavy (non-hydrogen) atoms. The lowest BCUT2D eigenvalue weighted by Crippen LogP contribution is -2.58. The van der Waals surface area contributed by atoms with Gasteiger partial charge in [-0.15, -0.1) is 0 Å². The lowest BCUT2D eigenvalue weighted by atomic mass is 10.0. The van der Waals surface area contributed by atoms with Gasteiger partial charge in [0.25, 0.3) is 0 Å². The van der Waals surface area contributed by atoms with E-state index in [1.54, 1.807) is 24.3 Å². The van der Waals surface area contributed by atoms with Gasteiger partial charge in [0.05, 0.1) is 12.4 Å². The molecule has 1 heterocycles. The zero-order valence-corrected chi connectivity index (χ0v) is 24.8. The van der Waals surface area contributed by atoms with Gasteiger partial charge in [0.15, 0.2) is 0 Å². The molecular weight excluding hydrogens is 592 g/mol. The number of nitrogens with one attached hydrogen (secondary N) is 4. The van der Waals surface area contributed by atoms with E-state index in [2.05, 4.69) is 25.9 Å². The molecule has 13 nitrogen and oxygen atoms in total. The topological polar surface area (TPSA) is 220 Å². The molecule has 0 spiro atoms. The van der Waals surface area contributed by atoms with E-state index in [0.29, 0.717) is 16.8 Å². The van der Waals surface area contributed by atoms with Crippen LogP contribution >= 0.6 is 0 Å². The molecule has 13 heteroatoms. The molecule has 0 saturated carbocycles. The number of aromatic nitrogens is 2. The molecule has 0 aliphatic rings. The zero-order valence-electron chi connectivity index (χ0n) is 24.8. The largest absolute Gasteiger partial charge is 0.508 e. The lowest BCUT2D eigenvalue weighted by molar-refractivity contribution is -0.142. The summed E-state index contributed by atoms with van der Waals surface area (Å²) >= 11 is 0. The number of phenolic OH excluding ortho intramolecular Hbond substituents is 2. The van der Waals surface area contributed by atoms with Crippen LogP contribution in [0.5, 0.6) is 11.5 Å². The molecule has 4 rings (SSSR count). The third kappa shape index (κ3) is 9.92. The molecule has 0 fully saturated rings. The number of carbonyl (C=O) groups is 4. The number of hydrogen-bond donors (Lipinski definition) is 8. The van der Waals surface area contributed by atoms with E-state index >= 15 is 0 Å². The van der Waals surface area contributed by atoms with E-state index in [4.69, 9.17) is 5.73 Å². The fraction of sp³-hybridized carbons (Fsp3) is 0.242. The smallest absolute Gasteiger partial charge is 0.326 e. The van der Waals surface area contributed by atoms with Crippen molar-refractivity contribution in [1.29, 1.82) is 0 Å². The standard InChI is InChI=1S/C33H36N6O7/c34-26(14-20-4-2-1-3-5-20)30(42)37-28(17-23-18-35-19-36-23)32(44)38-27(15-21-6-10-24(40)11-7-21)31(43)39-29(33(45)46)16-22-8-12-25(41)13-9-22/h1-13,18-19,26-29,40-41H,14-17,34H2,(H,35,36)(H,37,42)(H,38,44)(H,39,43)(H,45,46). The summed E-state index contributed by atoms with van der Waals surface area (Å²) in [6.45, 7) is 0. The fourth-order valence-electron chi connectivity index (χ4n) is 4.75. The first kappa shape index (κ1) is 33.2. The number of rotatable bonds is 15. The Balaban J connectivity index is 1.53. The van der Waals surface area contributed by atoms with Crippen molar-refractivity contribution in [3.05, 3.63) is 114 Å². The molecule has 3 aromatic carbocycles. The summed E-state index contributed by atoms with van der Waals surface area (Å²) < 4.78 is 0. The summed E-state index contributed by atoms with van der Waals surface area (Å²) in [7, 11) is 0. The molecule has 9 N–H and O–H groups in total. The number of hydrogen-bond acceptors (Lipinski definition) is 8. The predicted octanol–water partition coefficient (Wildman–Crippen LogP) is 0.958. The van der Waals surface area contributed by atoms with Crippen molar-refractivity contribution in [3.8, 4) is 11.5 Å². The Bertz CT molecular complexity index is 1600. The second kappa shape index (κ2) is 15.9. The van der Waals surface area contributed by atoms with Gasteiger partial charge in [0.1, 0.15) is 29.6 Å². The molecular formula is C33H36N6O7. The number of carboxylic acids is 1. The lowest BCUT2D eigenvalue weighted by Gasteiger charge is -2.25. The van der Waals surface area contributed by atoms with Gasteiger partial charge in [-0.1, -0.05) is 54.6 Å². The molecule has 240 valence electrons. The van der Waals surface area contributed by atoms with Crippen molar-refractivity contribution in [2.45, 2.75) is 49.9 Å². The summed E-state index contributed by atoms with van der Waals surface area (Å²) in [6, 6.07) is 16.3. The molecule has 0 bridgehead atoms. The van der Waals surface area contributed by atoms with Gasteiger partial charge >= 0.3 is 5.97 Å². The number of carboxylic acid groups (broad SMARTS) is 1. The minimum atomic E-state index is -1.35. The number of nitrogens with zero attached hydrogens (tertiary/aromatic N) is 1. The molecule has 4 unspecified atom stereocenters. The number of carbonyl (C=O) groups excluding carboxylic acids is 3. The summed E-state index contributed by atoms with van der Waals surface area (Å²) in [6.07, 6.45) is 3.02. The van der Waals surface area contributed by atoms with Crippen LogP contribution in [0.15, 0.2) is 91.4 Å². The quantitative estimate of drug-likeness (QED) is 0.0938. The van der Waals surface area contributed by atoms with Crippen molar-refractivity contribution >= 4 is 23.7 Å². The number of H-pyrrole nitrogens is 1. The maximum absolute atomic E-state index is 13.7. The van der Waals surface area contributed by atoms with Crippen LogP contribution in [0, 0.1) is 0 Å². The summed E-state index contributed by atoms with van der Waals surface area (Å²) in [4.78, 5) is 59.4. The maximum atomic E-state index is 13.7. The highest BCUT2D eigenvalue weighted by Gasteiger charge is 2.31. The highest BCUT2D eigenvalue weighted by atomic mass is 16.4. The van der Waals surface area contributed by atoms with Crippen LogP contribution in [0.4, 0.5) is 0 Å². The summed E-state index contributed by atoms with van der Waals surface area (Å²) in [5.41, 5.74) is 8.68. The van der Waals surface area contributed by atoms with Crippen LogP contribution in [0.1, 0.15) is 22.4 Å². The second-order valence-corrected chi connectivity index (χ2v) is 10.8. The normalized spacial score (nSPS) is 13.5. The third-order valence-electron chi connectivity index (χ3n) is 7.25. The number of aromatic hydroxyl groups is 2. The van der Waals surface area contributed by atoms with E-state index in [9.17, 15) is 34.5 Å². The molecule has 4 atom stereocenters. The Kier molecular flexibility index (Phi) is 11.5. The Morgan fingerprint density at radius 2 is 1.13 bits per heavy atom. The van der Waals surface area contributed by atoms with Gasteiger partial charge in [0, 0.05) is 31.2 Å². The first-order chi connectivity index (χ1) is 22.1. The number of aromatic amines is 1. The zero-order chi connectivity index (χ0) is 33.1. The van der Waals surface area contributed by atoms with Crippen LogP contribution in [-0.2, 0) is 44.9 Å². The fourth-order valence-corrected chi connectivity index (χ4v) is 4.75. The van der Waals surface area contributed by atoms with Crippen LogP contribution in [0.2, 0.25) is 0 Å². The first-order valence-electron chi connectivity index (χ1n) is 14.5. The number of nitrogens with two attached hydrogens (primary N) is 1. The van der Waals surface area contributed by atoms with Crippen molar-refractivity contribution < 1.29 is 34.5 Å². The highest BCUT2D eigenvalue weighted by molar-refractivity contribution is 5.94. The van der Waals surface area contributed by atoms with Gasteiger partial charge in [-0.05, 0) is 47.4 Å². The van der Waals surface area contributed by atoms with Gasteiger partial charge < -0.3 is 42.0 Å². The van der Waals surface area contributed by atoms with E-state index < -0.39 is 47.9 Å². The van der Waals surface area contributed by atoms with Gasteiger partial charge in [-0.2, -0.15) is 0 Å². The van der Waals surface area contributed by atoms with Crippen LogP contribution in [0.3, 0.4) is 0 Å². The Morgan fingerprint density at radius 1 is 0.652 bits per heavy atom. The minimum Gasteiger partial charge on any atom is -0.508 e. The summed E-state index contributed by atoms with van der Waals surface area (Å²) in [5.74, 6) is -3.35. The average Bonchev–Trinajstić information content (AvgIpc) is 3.55. The molecule has 0 saturated heterocycles. The van der Waals surface area contributed by atoms with Crippen molar-refractivity contribution in [1.82, 2.24) is 25.9 Å². The molecule has 0 aliphatic carbocycles. The highest BCUT2D eigenvalue weighted by Crippen LogP contribution is 2.14. The molecule has 0 aliphatic heterocycles. The van der Waals surface area contributed by atoms with E-state index in [-0.39, 0.29) is 37.2 Å². The predicted molar refractivity (Wildman–Crippen MR) is 167 cm³/mol.